The van der Waals surface area contributed by atoms with Gasteiger partial charge in [-0.25, -0.2) is 8.42 Å². The van der Waals surface area contributed by atoms with E-state index in [9.17, 15) is 18.0 Å². The number of para-hydroxylation sites is 1. The molecular weight excluding hydrogens is 450 g/mol. The molecule has 0 saturated heterocycles. The molecule has 1 N–H and O–H groups in total. The van der Waals surface area contributed by atoms with Crippen molar-refractivity contribution in [3.05, 3.63) is 65.2 Å². The van der Waals surface area contributed by atoms with Crippen LogP contribution in [0, 0.1) is 6.92 Å². The highest BCUT2D eigenvalue weighted by Gasteiger charge is 2.31. The van der Waals surface area contributed by atoms with E-state index in [1.165, 1.54) is 4.90 Å². The maximum atomic E-state index is 13.6. The molecule has 2 amide bonds. The van der Waals surface area contributed by atoms with Crippen molar-refractivity contribution in [1.29, 1.82) is 0 Å². The molecule has 0 radical (unpaired) electrons. The first-order valence-corrected chi connectivity index (χ1v) is 13.5. The summed E-state index contributed by atoms with van der Waals surface area (Å²) >= 11 is 0. The molecule has 7 nitrogen and oxygen atoms in total. The van der Waals surface area contributed by atoms with E-state index < -0.39 is 22.0 Å². The maximum Gasteiger partial charge on any atom is 0.244 e. The molecular formula is C26H37N3O4S. The molecule has 186 valence electrons. The number of hydrogen-bond acceptors (Lipinski definition) is 4. The normalized spacial score (nSPS) is 13.1. The summed E-state index contributed by atoms with van der Waals surface area (Å²) in [5.74, 6) is -0.708. The molecule has 0 saturated carbocycles. The van der Waals surface area contributed by atoms with Crippen LogP contribution in [-0.2, 0) is 32.6 Å². The van der Waals surface area contributed by atoms with Crippen molar-refractivity contribution >= 4 is 27.5 Å². The lowest BCUT2D eigenvalue weighted by molar-refractivity contribution is -0.139. The predicted octanol–water partition coefficient (Wildman–Crippen LogP) is 3.66. The van der Waals surface area contributed by atoms with Gasteiger partial charge in [-0.15, -0.1) is 0 Å². The molecule has 0 unspecified atom stereocenters. The fourth-order valence-electron chi connectivity index (χ4n) is 3.70. The summed E-state index contributed by atoms with van der Waals surface area (Å²) in [6.07, 6.45) is 2.48. The van der Waals surface area contributed by atoms with Crippen molar-refractivity contribution in [3.63, 3.8) is 0 Å². The van der Waals surface area contributed by atoms with E-state index in [1.54, 1.807) is 19.1 Å². The number of carbonyl (C=O) groups excluding carboxylic acids is 2. The molecule has 2 aromatic rings. The van der Waals surface area contributed by atoms with Crippen molar-refractivity contribution in [2.45, 2.75) is 66.1 Å². The molecule has 34 heavy (non-hydrogen) atoms. The van der Waals surface area contributed by atoms with Crippen molar-refractivity contribution in [2.24, 2.45) is 0 Å². The molecule has 2 aromatic carbocycles. The van der Waals surface area contributed by atoms with E-state index in [0.717, 1.165) is 33.7 Å². The van der Waals surface area contributed by atoms with Crippen LogP contribution >= 0.6 is 0 Å². The van der Waals surface area contributed by atoms with Gasteiger partial charge in [0, 0.05) is 12.6 Å². The Morgan fingerprint density at radius 3 is 2.29 bits per heavy atom. The van der Waals surface area contributed by atoms with Crippen LogP contribution in [0.15, 0.2) is 48.5 Å². The predicted molar refractivity (Wildman–Crippen MR) is 137 cm³/mol. The lowest BCUT2D eigenvalue weighted by atomic mass is 10.1. The first-order valence-electron chi connectivity index (χ1n) is 11.7. The number of nitrogens with one attached hydrogen (secondary N) is 1. The van der Waals surface area contributed by atoms with Crippen molar-refractivity contribution in [3.8, 4) is 0 Å². The lowest BCUT2D eigenvalue weighted by Crippen LogP contribution is -2.52. The molecule has 2 rings (SSSR count). The number of hydrogen-bond donors (Lipinski definition) is 1. The largest absolute Gasteiger partial charge is 0.352 e. The fourth-order valence-corrected chi connectivity index (χ4v) is 4.58. The summed E-state index contributed by atoms with van der Waals surface area (Å²) in [6.45, 7) is 9.26. The van der Waals surface area contributed by atoms with Gasteiger partial charge in [-0.05, 0) is 50.8 Å². The fraction of sp³-hybridized carbons (Fsp3) is 0.462. The number of carbonyl (C=O) groups is 2. The van der Waals surface area contributed by atoms with E-state index in [4.69, 9.17) is 0 Å². The molecule has 2 atom stereocenters. The minimum Gasteiger partial charge on any atom is -0.352 e. The van der Waals surface area contributed by atoms with Gasteiger partial charge in [0.25, 0.3) is 0 Å². The summed E-state index contributed by atoms with van der Waals surface area (Å²) in [7, 11) is -3.74. The highest BCUT2D eigenvalue weighted by molar-refractivity contribution is 7.92. The molecule has 0 heterocycles. The summed E-state index contributed by atoms with van der Waals surface area (Å²) in [5.41, 5.74) is 3.22. The van der Waals surface area contributed by atoms with Crippen molar-refractivity contribution < 1.29 is 18.0 Å². The topological polar surface area (TPSA) is 86.8 Å². The molecule has 0 spiro atoms. The Morgan fingerprint density at radius 2 is 1.71 bits per heavy atom. The minimum atomic E-state index is -3.74. The maximum absolute atomic E-state index is 13.6. The van der Waals surface area contributed by atoms with Gasteiger partial charge in [-0.1, -0.05) is 61.9 Å². The van der Waals surface area contributed by atoms with Gasteiger partial charge >= 0.3 is 0 Å². The first-order chi connectivity index (χ1) is 16.0. The number of sulfonamides is 1. The molecule has 0 aliphatic heterocycles. The average Bonchev–Trinajstić information content (AvgIpc) is 2.79. The summed E-state index contributed by atoms with van der Waals surface area (Å²) in [6, 6.07) is 14.1. The molecule has 0 aliphatic carbocycles. The third kappa shape index (κ3) is 7.32. The molecule has 0 aliphatic rings. The van der Waals surface area contributed by atoms with Crippen molar-refractivity contribution in [2.75, 3.05) is 17.1 Å². The Labute approximate surface area is 204 Å². The zero-order chi connectivity index (χ0) is 25.5. The van der Waals surface area contributed by atoms with Crippen LogP contribution in [0.1, 0.15) is 50.8 Å². The lowest BCUT2D eigenvalue weighted by Gasteiger charge is -2.32. The van der Waals surface area contributed by atoms with Gasteiger partial charge in [-0.3, -0.25) is 13.9 Å². The smallest absolute Gasteiger partial charge is 0.244 e. The van der Waals surface area contributed by atoms with Gasteiger partial charge < -0.3 is 10.2 Å². The van der Waals surface area contributed by atoms with Gasteiger partial charge in [0.2, 0.25) is 21.8 Å². The van der Waals surface area contributed by atoms with Gasteiger partial charge in [-0.2, -0.15) is 0 Å². The van der Waals surface area contributed by atoms with Gasteiger partial charge in [0.15, 0.2) is 0 Å². The quantitative estimate of drug-likeness (QED) is 0.524. The first kappa shape index (κ1) is 27.4. The Kier molecular flexibility index (Phi) is 9.67. The second kappa shape index (κ2) is 12.0. The van der Waals surface area contributed by atoms with Gasteiger partial charge in [0.05, 0.1) is 11.9 Å². The number of nitrogens with zero attached hydrogens (tertiary/aromatic N) is 2. The van der Waals surface area contributed by atoms with E-state index in [1.807, 2.05) is 64.1 Å². The number of benzene rings is 2. The van der Waals surface area contributed by atoms with E-state index in [-0.39, 0.29) is 25.0 Å². The van der Waals surface area contributed by atoms with Crippen LogP contribution in [0.2, 0.25) is 0 Å². The number of rotatable bonds is 11. The van der Waals surface area contributed by atoms with Crippen LogP contribution < -0.4 is 9.62 Å². The Balaban J connectivity index is 2.42. The SMILES string of the molecule is CCc1ccccc1N(CC(=O)N(Cc1cccc(C)c1)[C@@H](C)C(=O)N[C@@H](C)CC)S(C)(=O)=O. The van der Waals surface area contributed by atoms with Crippen LogP contribution in [0.25, 0.3) is 0 Å². The number of aryl methyl sites for hydroxylation is 2. The third-order valence-corrected chi connectivity index (χ3v) is 7.05. The Bertz CT molecular complexity index is 1100. The third-order valence-electron chi connectivity index (χ3n) is 5.92. The monoisotopic (exact) mass is 487 g/mol. The molecule has 0 bridgehead atoms. The number of anilines is 1. The Hall–Kier alpha value is -2.87. The molecule has 0 fully saturated rings. The summed E-state index contributed by atoms with van der Waals surface area (Å²) in [4.78, 5) is 28.0. The minimum absolute atomic E-state index is 0.0326. The molecule has 0 aromatic heterocycles. The highest BCUT2D eigenvalue weighted by atomic mass is 32.2. The zero-order valence-corrected chi connectivity index (χ0v) is 21.9. The van der Waals surface area contributed by atoms with Crippen LogP contribution in [-0.4, -0.2) is 50.0 Å². The summed E-state index contributed by atoms with van der Waals surface area (Å²) in [5, 5.41) is 2.93. The Morgan fingerprint density at radius 1 is 1.03 bits per heavy atom. The zero-order valence-electron chi connectivity index (χ0n) is 21.0. The van der Waals surface area contributed by atoms with Crippen LogP contribution in [0.3, 0.4) is 0 Å². The van der Waals surface area contributed by atoms with Crippen LogP contribution in [0.5, 0.6) is 0 Å². The van der Waals surface area contributed by atoms with Crippen LogP contribution in [0.4, 0.5) is 5.69 Å². The van der Waals surface area contributed by atoms with Gasteiger partial charge in [0.1, 0.15) is 12.6 Å². The summed E-state index contributed by atoms with van der Waals surface area (Å²) < 4.78 is 26.6. The standard InChI is InChI=1S/C26H37N3O4S/c1-7-20(4)27-26(31)21(5)28(17-22-13-11-12-19(3)16-22)25(30)18-29(34(6,32)33)24-15-10-9-14-23(24)8-2/h9-16,20-21H,7-8,17-18H2,1-6H3,(H,27,31)/t20-,21-/m0/s1. The number of amides is 2. The van der Waals surface area contributed by atoms with E-state index >= 15 is 0 Å². The average molecular weight is 488 g/mol. The highest BCUT2D eigenvalue weighted by Crippen LogP contribution is 2.24. The second-order valence-corrected chi connectivity index (χ2v) is 10.7. The van der Waals surface area contributed by atoms with Crippen molar-refractivity contribution in [1.82, 2.24) is 10.2 Å². The van der Waals surface area contributed by atoms with E-state index in [0.29, 0.717) is 12.1 Å². The second-order valence-electron chi connectivity index (χ2n) is 8.76. The van der Waals surface area contributed by atoms with E-state index in [2.05, 4.69) is 5.32 Å². The molecule has 8 heteroatoms.